The number of methoxy groups -OCH3 is 2. The molecule has 0 fully saturated rings. The molecule has 106 valence electrons. The van der Waals surface area contributed by atoms with Crippen LogP contribution in [0.1, 0.15) is 12.5 Å². The molecule has 0 aliphatic carbocycles. The molecule has 0 aromatic heterocycles. The van der Waals surface area contributed by atoms with Crippen LogP contribution < -0.4 is 4.74 Å². The SMILES string of the molecule is COC(=O)C1=Cc2cc([N+](=O)[O-])ccc2OC1(C)OC. The summed E-state index contributed by atoms with van der Waals surface area (Å²) in [5.41, 5.74) is 0.471. The van der Waals surface area contributed by atoms with E-state index >= 15 is 0 Å². The number of carbonyl (C=O) groups excluding carboxylic acids is 1. The van der Waals surface area contributed by atoms with Crippen molar-refractivity contribution in [2.75, 3.05) is 14.2 Å². The van der Waals surface area contributed by atoms with E-state index in [1.54, 1.807) is 6.92 Å². The molecule has 7 nitrogen and oxygen atoms in total. The molecule has 0 spiro atoms. The van der Waals surface area contributed by atoms with Crippen molar-refractivity contribution < 1.29 is 23.9 Å². The Morgan fingerprint density at radius 2 is 2.10 bits per heavy atom. The van der Waals surface area contributed by atoms with Gasteiger partial charge < -0.3 is 14.2 Å². The van der Waals surface area contributed by atoms with E-state index in [0.29, 0.717) is 11.3 Å². The van der Waals surface area contributed by atoms with E-state index in [0.717, 1.165) is 0 Å². The monoisotopic (exact) mass is 279 g/mol. The van der Waals surface area contributed by atoms with Gasteiger partial charge in [-0.15, -0.1) is 0 Å². The van der Waals surface area contributed by atoms with E-state index in [-0.39, 0.29) is 11.3 Å². The van der Waals surface area contributed by atoms with Crippen molar-refractivity contribution in [1.29, 1.82) is 0 Å². The molecular formula is C13H13NO6. The number of nitrogens with zero attached hydrogens (tertiary/aromatic N) is 1. The highest BCUT2D eigenvalue weighted by Crippen LogP contribution is 2.38. The van der Waals surface area contributed by atoms with Gasteiger partial charge in [-0.1, -0.05) is 0 Å². The van der Waals surface area contributed by atoms with Gasteiger partial charge in [0.2, 0.25) is 5.79 Å². The maximum Gasteiger partial charge on any atom is 0.340 e. The summed E-state index contributed by atoms with van der Waals surface area (Å²) >= 11 is 0. The number of hydrogen-bond donors (Lipinski definition) is 0. The normalized spacial score (nSPS) is 20.4. The smallest absolute Gasteiger partial charge is 0.340 e. The van der Waals surface area contributed by atoms with Crippen LogP contribution in [0.15, 0.2) is 23.8 Å². The molecule has 1 atom stereocenters. The third-order valence-electron chi connectivity index (χ3n) is 3.09. The summed E-state index contributed by atoms with van der Waals surface area (Å²) in [5, 5.41) is 10.8. The second kappa shape index (κ2) is 4.93. The number of rotatable bonds is 3. The molecule has 20 heavy (non-hydrogen) atoms. The van der Waals surface area contributed by atoms with Crippen LogP contribution in [0.4, 0.5) is 5.69 Å². The van der Waals surface area contributed by atoms with Crippen LogP contribution >= 0.6 is 0 Å². The van der Waals surface area contributed by atoms with Gasteiger partial charge in [-0.25, -0.2) is 4.79 Å². The Kier molecular flexibility index (Phi) is 3.46. The molecule has 1 aliphatic heterocycles. The zero-order valence-electron chi connectivity index (χ0n) is 11.2. The van der Waals surface area contributed by atoms with Crippen molar-refractivity contribution in [2.24, 2.45) is 0 Å². The summed E-state index contributed by atoms with van der Waals surface area (Å²) in [6.45, 7) is 1.57. The fraction of sp³-hybridized carbons (Fsp3) is 0.308. The van der Waals surface area contributed by atoms with Crippen LogP contribution in [-0.4, -0.2) is 30.9 Å². The number of esters is 1. The van der Waals surface area contributed by atoms with Gasteiger partial charge >= 0.3 is 5.97 Å². The highest BCUT2D eigenvalue weighted by atomic mass is 16.7. The lowest BCUT2D eigenvalue weighted by molar-refractivity contribution is -0.384. The maximum absolute atomic E-state index is 11.8. The van der Waals surface area contributed by atoms with Gasteiger partial charge in [-0.3, -0.25) is 10.1 Å². The Bertz CT molecular complexity index is 609. The topological polar surface area (TPSA) is 87.9 Å². The van der Waals surface area contributed by atoms with Gasteiger partial charge in [-0.05, 0) is 12.1 Å². The van der Waals surface area contributed by atoms with Gasteiger partial charge in [0.05, 0.1) is 12.0 Å². The Balaban J connectivity index is 2.56. The third-order valence-corrected chi connectivity index (χ3v) is 3.09. The number of carbonyl (C=O) groups is 1. The number of hydrogen-bond acceptors (Lipinski definition) is 6. The number of nitro benzene ring substituents is 1. The average Bonchev–Trinajstić information content (AvgIpc) is 2.45. The number of non-ortho nitro benzene ring substituents is 1. The quantitative estimate of drug-likeness (QED) is 0.477. The predicted molar refractivity (Wildman–Crippen MR) is 69.1 cm³/mol. The molecule has 7 heteroatoms. The first-order chi connectivity index (χ1) is 9.41. The summed E-state index contributed by atoms with van der Waals surface area (Å²) in [6.07, 6.45) is 1.47. The Morgan fingerprint density at radius 1 is 1.40 bits per heavy atom. The summed E-state index contributed by atoms with van der Waals surface area (Å²) in [4.78, 5) is 22.0. The van der Waals surface area contributed by atoms with Crippen LogP contribution in [0.2, 0.25) is 0 Å². The molecule has 0 amide bonds. The summed E-state index contributed by atoms with van der Waals surface area (Å²) in [5.74, 6) is -1.52. The van der Waals surface area contributed by atoms with Crippen LogP contribution in [-0.2, 0) is 14.3 Å². The Hall–Kier alpha value is -2.41. The van der Waals surface area contributed by atoms with Crippen molar-refractivity contribution in [3.8, 4) is 5.75 Å². The lowest BCUT2D eigenvalue weighted by atomic mass is 9.99. The third kappa shape index (κ3) is 2.23. The maximum atomic E-state index is 11.8. The van der Waals surface area contributed by atoms with Crippen molar-refractivity contribution in [2.45, 2.75) is 12.7 Å². The van der Waals surface area contributed by atoms with Gasteiger partial charge in [-0.2, -0.15) is 0 Å². The van der Waals surface area contributed by atoms with Crippen LogP contribution in [0, 0.1) is 10.1 Å². The molecule has 1 heterocycles. The first-order valence-electron chi connectivity index (χ1n) is 5.74. The zero-order chi connectivity index (χ0) is 14.9. The standard InChI is InChI=1S/C13H13NO6/c1-13(19-3)10(12(15)18-2)7-8-6-9(14(16)17)4-5-11(8)20-13/h4-7H,1-3H3. The molecule has 1 aliphatic rings. The summed E-state index contributed by atoms with van der Waals surface area (Å²) in [6, 6.07) is 4.12. The first kappa shape index (κ1) is 14.0. The number of ether oxygens (including phenoxy) is 3. The van der Waals surface area contributed by atoms with Gasteiger partial charge in [0.25, 0.3) is 5.69 Å². The highest BCUT2D eigenvalue weighted by molar-refractivity contribution is 5.96. The van der Waals surface area contributed by atoms with Crippen molar-refractivity contribution in [3.05, 3.63) is 39.4 Å². The van der Waals surface area contributed by atoms with E-state index in [1.165, 1.54) is 38.5 Å². The molecule has 0 radical (unpaired) electrons. The molecule has 1 unspecified atom stereocenters. The molecule has 2 rings (SSSR count). The first-order valence-corrected chi connectivity index (χ1v) is 5.74. The number of benzene rings is 1. The molecule has 0 N–H and O–H groups in total. The van der Waals surface area contributed by atoms with E-state index in [9.17, 15) is 14.9 Å². The van der Waals surface area contributed by atoms with Gasteiger partial charge in [0.15, 0.2) is 0 Å². The van der Waals surface area contributed by atoms with Crippen LogP contribution in [0.3, 0.4) is 0 Å². The van der Waals surface area contributed by atoms with Gasteiger partial charge in [0.1, 0.15) is 11.3 Å². The lowest BCUT2D eigenvalue weighted by Crippen LogP contribution is -2.42. The summed E-state index contributed by atoms with van der Waals surface area (Å²) < 4.78 is 15.5. The molecule has 0 bridgehead atoms. The molecule has 1 aromatic rings. The lowest BCUT2D eigenvalue weighted by Gasteiger charge is -2.33. The molecule has 0 saturated heterocycles. The Morgan fingerprint density at radius 3 is 2.65 bits per heavy atom. The minimum atomic E-state index is -1.30. The van der Waals surface area contributed by atoms with Gasteiger partial charge in [0, 0.05) is 31.7 Å². The average molecular weight is 279 g/mol. The largest absolute Gasteiger partial charge is 0.465 e. The predicted octanol–water partition coefficient (Wildman–Crippen LogP) is 1.91. The van der Waals surface area contributed by atoms with E-state index in [2.05, 4.69) is 4.74 Å². The molecule has 0 saturated carbocycles. The van der Waals surface area contributed by atoms with Crippen LogP contribution in [0.25, 0.3) is 6.08 Å². The highest BCUT2D eigenvalue weighted by Gasteiger charge is 2.40. The number of nitro groups is 1. The zero-order valence-corrected chi connectivity index (χ0v) is 11.2. The molecular weight excluding hydrogens is 266 g/mol. The van der Waals surface area contributed by atoms with E-state index in [1.807, 2.05) is 0 Å². The Labute approximate surface area is 114 Å². The second-order valence-corrected chi connectivity index (χ2v) is 4.28. The minimum absolute atomic E-state index is 0.0890. The van der Waals surface area contributed by atoms with Crippen LogP contribution in [0.5, 0.6) is 5.75 Å². The minimum Gasteiger partial charge on any atom is -0.465 e. The van der Waals surface area contributed by atoms with Crippen molar-refractivity contribution >= 4 is 17.7 Å². The number of fused-ring (bicyclic) bond motifs is 1. The fourth-order valence-electron chi connectivity index (χ4n) is 1.91. The van der Waals surface area contributed by atoms with E-state index < -0.39 is 16.7 Å². The second-order valence-electron chi connectivity index (χ2n) is 4.28. The summed E-state index contributed by atoms with van der Waals surface area (Å²) in [7, 11) is 2.63. The van der Waals surface area contributed by atoms with Crippen molar-refractivity contribution in [1.82, 2.24) is 0 Å². The molecule has 1 aromatic carbocycles. The van der Waals surface area contributed by atoms with Crippen molar-refractivity contribution in [3.63, 3.8) is 0 Å². The fourth-order valence-corrected chi connectivity index (χ4v) is 1.91. The van der Waals surface area contributed by atoms with E-state index in [4.69, 9.17) is 9.47 Å².